The molecule has 0 heterocycles. The van der Waals surface area contributed by atoms with Gasteiger partial charge in [-0.3, -0.25) is 101 Å². The van der Waals surface area contributed by atoms with Crippen molar-refractivity contribution in [2.75, 3.05) is 48.8 Å². The van der Waals surface area contributed by atoms with Crippen LogP contribution in [0.15, 0.2) is 36.4 Å². The average Bonchev–Trinajstić information content (AvgIpc) is 3.10. The van der Waals surface area contributed by atoms with Crippen LogP contribution in [0.2, 0.25) is 0 Å². The van der Waals surface area contributed by atoms with Gasteiger partial charge in [0.05, 0.1) is 86.9 Å². The Bertz CT molecular complexity index is 1830. The van der Waals surface area contributed by atoms with Gasteiger partial charge in [-0.1, -0.05) is 0 Å². The fourth-order valence-electron chi connectivity index (χ4n) is 4.04. The molecule has 0 saturated heterocycles. The number of phenolic OH excluding ortho intramolecular Hbond substituents is 3. The number of benzene rings is 3. The zero-order valence-corrected chi connectivity index (χ0v) is 30.8. The summed E-state index contributed by atoms with van der Waals surface area (Å²) in [6.45, 7) is 1.07. The third-order valence-electron chi connectivity index (χ3n) is 6.70. The minimum atomic E-state index is -1.21. The van der Waals surface area contributed by atoms with Gasteiger partial charge in [-0.05, 0) is 42.3 Å². The molecule has 0 saturated carbocycles. The number of phenols is 3. The molecule has 3 rings (SSSR count). The fraction of sp³-hybridized carbons (Fsp3) is 0.308. The molecular formula is C26H30N12O21. The van der Waals surface area contributed by atoms with Crippen molar-refractivity contribution in [2.24, 2.45) is 0 Å². The summed E-state index contributed by atoms with van der Waals surface area (Å²) in [5.41, 5.74) is -9.01. The zero-order chi connectivity index (χ0) is 46.4. The van der Waals surface area contributed by atoms with Gasteiger partial charge in [-0.25, -0.2) is 0 Å². The van der Waals surface area contributed by atoms with Gasteiger partial charge < -0.3 is 20.2 Å². The van der Waals surface area contributed by atoms with E-state index in [1.165, 1.54) is 0 Å². The highest BCUT2D eigenvalue weighted by atomic mass is 16.7. The number of hydrogen-bond acceptors (Lipinski definition) is 24. The van der Waals surface area contributed by atoms with E-state index in [-0.39, 0.29) is 0 Å². The molecule has 0 atom stereocenters. The maximum absolute atomic E-state index is 10.4. The second-order valence-electron chi connectivity index (χ2n) is 11.5. The van der Waals surface area contributed by atoms with Gasteiger partial charge in [-0.15, -0.1) is 0 Å². The molecule has 3 N–H and O–H groups in total. The van der Waals surface area contributed by atoms with E-state index in [9.17, 15) is 91.0 Å². The molecule has 33 nitrogen and oxygen atoms in total. The van der Waals surface area contributed by atoms with Crippen LogP contribution in [-0.2, 0) is 0 Å². The van der Waals surface area contributed by atoms with Gasteiger partial charge in [0.2, 0.25) is 0 Å². The number of nitrogens with zero attached hydrogens (tertiary/aromatic N) is 12. The summed E-state index contributed by atoms with van der Waals surface area (Å²) < 4.78 is 0. The van der Waals surface area contributed by atoms with Crippen molar-refractivity contribution < 1.29 is 59.6 Å². The Morgan fingerprint density at radius 1 is 0.390 bits per heavy atom. The lowest BCUT2D eigenvalue weighted by molar-refractivity contribution is -0.404. The van der Waals surface area contributed by atoms with Crippen molar-refractivity contribution in [1.82, 2.24) is 14.7 Å². The molecule has 3 aromatic rings. The molecule has 3 aromatic carbocycles. The maximum Gasteiger partial charge on any atom is 0.324 e. The molecule has 0 aliphatic carbocycles. The highest BCUT2D eigenvalue weighted by Gasteiger charge is 2.32. The molecule has 0 unspecified atom stereocenters. The Balaban J connectivity index is 0.000000768. The third kappa shape index (κ3) is 14.6. The molecule has 320 valence electrons. The Morgan fingerprint density at radius 2 is 0.559 bits per heavy atom. The van der Waals surface area contributed by atoms with Gasteiger partial charge >= 0.3 is 34.1 Å². The van der Waals surface area contributed by atoms with Gasteiger partial charge in [0.25, 0.3) is 34.3 Å². The van der Waals surface area contributed by atoms with E-state index in [1.54, 1.807) is 0 Å². The maximum atomic E-state index is 10.4. The summed E-state index contributed by atoms with van der Waals surface area (Å²) in [6, 6.07) is 2.68. The standard InChI is InChI=1S/C8H21N3.3C6H3N3O7/c1-9(2)7-8(10(3)4)11(5)6;3*10-6-4(8(13)14)1-3(7(11)12)2-5(6)9(15)16/h8H,7H2,1-6H3;3*1-2,10H. The number of hydrogen-bond donors (Lipinski definition) is 3. The summed E-state index contributed by atoms with van der Waals surface area (Å²) in [5.74, 6) is -3.62. The second kappa shape index (κ2) is 21.6. The van der Waals surface area contributed by atoms with E-state index in [0.29, 0.717) is 42.6 Å². The lowest BCUT2D eigenvalue weighted by Crippen LogP contribution is -2.47. The molecule has 0 bridgehead atoms. The smallest absolute Gasteiger partial charge is 0.324 e. The predicted octanol–water partition coefficient (Wildman–Crippen LogP) is 3.35. The topological polar surface area (TPSA) is 459 Å². The van der Waals surface area contributed by atoms with Crippen molar-refractivity contribution in [2.45, 2.75) is 6.17 Å². The van der Waals surface area contributed by atoms with Crippen LogP contribution >= 0.6 is 0 Å². The van der Waals surface area contributed by atoms with Crippen LogP contribution in [0.5, 0.6) is 17.2 Å². The monoisotopic (exact) mass is 846 g/mol. The summed E-state index contributed by atoms with van der Waals surface area (Å²) in [5, 5.41) is 121. The summed E-state index contributed by atoms with van der Waals surface area (Å²) in [6.07, 6.45) is 0.505. The van der Waals surface area contributed by atoms with Crippen molar-refractivity contribution >= 4 is 51.2 Å². The Morgan fingerprint density at radius 3 is 0.644 bits per heavy atom. The number of rotatable bonds is 13. The number of non-ortho nitro benzene ring substituents is 3. The third-order valence-corrected chi connectivity index (χ3v) is 6.70. The zero-order valence-electron chi connectivity index (χ0n) is 30.8. The molecule has 0 aliphatic heterocycles. The minimum Gasteiger partial charge on any atom is -0.497 e. The molecule has 0 amide bonds. The Kier molecular flexibility index (Phi) is 18.5. The first-order valence-electron chi connectivity index (χ1n) is 14.9. The quantitative estimate of drug-likeness (QED) is 0.126. The van der Waals surface area contributed by atoms with Crippen LogP contribution in [0.4, 0.5) is 51.2 Å². The number of nitro benzene ring substituents is 9. The fourth-order valence-corrected chi connectivity index (χ4v) is 4.04. The number of likely N-dealkylation sites (N-methyl/N-ethyl adjacent to an activating group) is 3. The van der Waals surface area contributed by atoms with Crippen molar-refractivity contribution in [3.05, 3.63) is 127 Å². The van der Waals surface area contributed by atoms with Crippen molar-refractivity contribution in [3.63, 3.8) is 0 Å². The van der Waals surface area contributed by atoms with E-state index in [0.717, 1.165) is 6.54 Å². The molecule has 0 fully saturated rings. The predicted molar refractivity (Wildman–Crippen MR) is 194 cm³/mol. The first-order chi connectivity index (χ1) is 27.0. The van der Waals surface area contributed by atoms with Crippen LogP contribution in [-0.4, -0.2) is 129 Å². The van der Waals surface area contributed by atoms with E-state index < -0.39 is 113 Å². The summed E-state index contributed by atoms with van der Waals surface area (Å²) >= 11 is 0. The highest BCUT2D eigenvalue weighted by molar-refractivity contribution is 5.66. The van der Waals surface area contributed by atoms with E-state index in [4.69, 9.17) is 15.3 Å². The molecule has 0 aliphatic rings. The molecule has 0 spiro atoms. The van der Waals surface area contributed by atoms with Crippen LogP contribution in [0.25, 0.3) is 0 Å². The first-order valence-corrected chi connectivity index (χ1v) is 14.9. The SMILES string of the molecule is CN(C)CC(N(C)C)N(C)C.O=[N+]([O-])c1cc([N+](=O)[O-])c(O)c([N+](=O)[O-])c1.O=[N+]([O-])c1cc([N+](=O)[O-])c(O)c([N+](=O)[O-])c1.O=[N+]([O-])c1cc([N+](=O)[O-])c(O)c([N+](=O)[O-])c1. The largest absolute Gasteiger partial charge is 0.497 e. The first kappa shape index (κ1) is 50.5. The molecule has 33 heteroatoms. The van der Waals surface area contributed by atoms with Gasteiger partial charge in [0, 0.05) is 6.54 Å². The molecule has 0 radical (unpaired) electrons. The summed E-state index contributed by atoms with van der Waals surface area (Å²) in [7, 11) is 12.6. The molecule has 0 aromatic heterocycles. The van der Waals surface area contributed by atoms with Crippen LogP contribution in [0.1, 0.15) is 0 Å². The number of aromatic hydroxyl groups is 3. The van der Waals surface area contributed by atoms with E-state index in [1.807, 2.05) is 0 Å². The lowest BCUT2D eigenvalue weighted by Gasteiger charge is -2.32. The van der Waals surface area contributed by atoms with Crippen LogP contribution in [0.3, 0.4) is 0 Å². The van der Waals surface area contributed by atoms with Gasteiger partial charge in [0.1, 0.15) is 0 Å². The van der Waals surface area contributed by atoms with Crippen LogP contribution in [0, 0.1) is 91.0 Å². The van der Waals surface area contributed by atoms with Gasteiger partial charge in [0.15, 0.2) is 0 Å². The summed E-state index contributed by atoms with van der Waals surface area (Å²) in [4.78, 5) is 89.9. The molecule has 59 heavy (non-hydrogen) atoms. The Hall–Kier alpha value is -8.46. The van der Waals surface area contributed by atoms with Crippen LogP contribution < -0.4 is 0 Å². The highest BCUT2D eigenvalue weighted by Crippen LogP contribution is 2.41. The number of nitro groups is 9. The van der Waals surface area contributed by atoms with E-state index in [2.05, 4.69) is 57.0 Å². The van der Waals surface area contributed by atoms with Crippen molar-refractivity contribution in [3.8, 4) is 17.2 Å². The lowest BCUT2D eigenvalue weighted by atomic mass is 10.2. The average molecular weight is 847 g/mol. The van der Waals surface area contributed by atoms with E-state index >= 15 is 0 Å². The van der Waals surface area contributed by atoms with Crippen molar-refractivity contribution in [1.29, 1.82) is 0 Å². The Labute approximate surface area is 325 Å². The normalized spacial score (nSPS) is 10.3. The minimum absolute atomic E-state index is 0.447. The van der Waals surface area contributed by atoms with Gasteiger partial charge in [-0.2, -0.15) is 0 Å². The second-order valence-corrected chi connectivity index (χ2v) is 11.5. The molecular weight excluding hydrogens is 816 g/mol.